The summed E-state index contributed by atoms with van der Waals surface area (Å²) in [7, 11) is 0. The number of esters is 1. The van der Waals surface area contributed by atoms with Crippen LogP contribution in [-0.2, 0) is 44.7 Å². The maximum atomic E-state index is 13.5. The summed E-state index contributed by atoms with van der Waals surface area (Å²) in [5.41, 5.74) is -2.64. The van der Waals surface area contributed by atoms with Gasteiger partial charge < -0.3 is 14.9 Å². The van der Waals surface area contributed by atoms with Crippen LogP contribution in [0, 0.1) is 68.2 Å². The van der Waals surface area contributed by atoms with E-state index in [1.807, 2.05) is 85.7 Å². The molecule has 0 aromatic heterocycles. The standard InChI is InChI=1S/C15H19NO4.C14H19NO2.C13H13F4NO3.C13H12I5NO2.C13H17NO3/c1-4-15(2,3)14(19)20-10-12(17)16-13(18)11-8-6-5-7-9-11;1-4-14(2,3)13(17)15-12(16)10-11-8-6-5-7-9-11;1-4-13(2,3)12(21)18-11(20)5-6(14)8(16)10(19)9(17)7(5)15;1-4-13(2,3)12(21)19-11(20)5-6(14)8(16)10(18)9(17)7(5)15;1-4-13(2,3)12(17)14-11(16)9-5-7-10(15)8-6-9/h5-9H,4,10H2,1-3H3,(H,16,17,18);5-9H,4,10H2,1-3H3,(H,15,16,17);19H,4H2,1-3H3,(H,18,20,21);4H2,1-3H3,(H,19,20,21);5-8,15H,4H2,1-3H3,(H,14,16,17). The van der Waals surface area contributed by atoms with Gasteiger partial charge in [0.05, 0.1) is 17.4 Å². The molecule has 28 heteroatoms. The lowest BCUT2D eigenvalue weighted by Gasteiger charge is -2.21. The Labute approximate surface area is 625 Å². The van der Waals surface area contributed by atoms with Crippen LogP contribution in [-0.4, -0.2) is 81.9 Å². The van der Waals surface area contributed by atoms with E-state index in [4.69, 9.17) is 14.9 Å². The number of aromatic hydroxyl groups is 2. The van der Waals surface area contributed by atoms with E-state index in [0.29, 0.717) is 48.8 Å². The molecular weight excluding hydrogens is 1820 g/mol. The van der Waals surface area contributed by atoms with Crippen LogP contribution in [0.25, 0.3) is 0 Å². The smallest absolute Gasteiger partial charge is 0.312 e. The van der Waals surface area contributed by atoms with Crippen molar-refractivity contribution in [3.05, 3.63) is 154 Å². The molecule has 0 saturated carbocycles. The number of amides is 10. The molecule has 5 aromatic rings. The Kier molecular flexibility index (Phi) is 36.5. The molecule has 524 valence electrons. The van der Waals surface area contributed by atoms with Crippen LogP contribution in [0.4, 0.5) is 17.6 Å². The van der Waals surface area contributed by atoms with Crippen LogP contribution in [0.2, 0.25) is 0 Å². The summed E-state index contributed by atoms with van der Waals surface area (Å²) in [5, 5.41) is 29.1. The average Bonchev–Trinajstić information content (AvgIpc) is 0.793. The maximum Gasteiger partial charge on any atom is 0.312 e. The first-order chi connectivity index (χ1) is 44.3. The third-order valence-electron chi connectivity index (χ3n) is 15.2. The second-order valence-corrected chi connectivity index (χ2v) is 29.8. The van der Waals surface area contributed by atoms with Gasteiger partial charge in [0.2, 0.25) is 41.2 Å². The number of phenols is 2. The summed E-state index contributed by atoms with van der Waals surface area (Å²) in [6, 6.07) is 23.5. The highest BCUT2D eigenvalue weighted by Crippen LogP contribution is 2.35. The molecule has 0 aliphatic carbocycles. The molecule has 5 rings (SSSR count). The van der Waals surface area contributed by atoms with Crippen LogP contribution in [0.5, 0.6) is 11.5 Å². The van der Waals surface area contributed by atoms with E-state index < -0.39 is 104 Å². The lowest BCUT2D eigenvalue weighted by Crippen LogP contribution is -2.41. The first kappa shape index (κ1) is 88.3. The minimum Gasteiger partial charge on any atom is -0.508 e. The average molecular weight is 1900 g/mol. The zero-order valence-corrected chi connectivity index (χ0v) is 66.5. The Balaban J connectivity index is 0.000000602. The zero-order chi connectivity index (χ0) is 74.2. The molecule has 0 saturated heterocycles. The van der Waals surface area contributed by atoms with Gasteiger partial charge in [-0.25, -0.2) is 8.78 Å². The number of carbonyl (C=O) groups is 11. The Morgan fingerprint density at radius 3 is 1.09 bits per heavy atom. The molecule has 0 radical (unpaired) electrons. The van der Waals surface area contributed by atoms with Gasteiger partial charge in [-0.15, -0.1) is 0 Å². The van der Waals surface area contributed by atoms with Crippen molar-refractivity contribution in [1.29, 1.82) is 0 Å². The number of carbonyl (C=O) groups excluding carboxylic acids is 11. The second kappa shape index (κ2) is 39.7. The van der Waals surface area contributed by atoms with Gasteiger partial charge in [-0.2, -0.15) is 8.78 Å². The zero-order valence-electron chi connectivity index (χ0n) is 55.7. The number of phenolic OH excluding ortho intramolecular Hbond substituents is 2. The normalized spacial score (nSPS) is 11.1. The van der Waals surface area contributed by atoms with Crippen molar-refractivity contribution in [3.8, 4) is 11.5 Å². The van der Waals surface area contributed by atoms with Crippen LogP contribution in [0.3, 0.4) is 0 Å². The molecule has 5 aromatic carbocycles. The number of imide groups is 5. The highest BCUT2D eigenvalue weighted by molar-refractivity contribution is 14.1. The molecule has 10 amide bonds. The molecule has 7 N–H and O–H groups in total. The molecule has 19 nitrogen and oxygen atoms in total. The van der Waals surface area contributed by atoms with Crippen molar-refractivity contribution < 1.29 is 85.3 Å². The highest BCUT2D eigenvalue weighted by Gasteiger charge is 2.35. The summed E-state index contributed by atoms with van der Waals surface area (Å²) < 4.78 is 63.1. The Morgan fingerprint density at radius 1 is 0.385 bits per heavy atom. The minimum absolute atomic E-state index is 0.0850. The molecule has 0 atom stereocenters. The van der Waals surface area contributed by atoms with Crippen molar-refractivity contribution in [2.75, 3.05) is 6.61 Å². The van der Waals surface area contributed by atoms with Gasteiger partial charge in [0.1, 0.15) is 11.3 Å². The third kappa shape index (κ3) is 26.8. The van der Waals surface area contributed by atoms with Crippen molar-refractivity contribution >= 4 is 178 Å². The van der Waals surface area contributed by atoms with Crippen LogP contribution in [0.1, 0.15) is 183 Å². The third-order valence-corrected chi connectivity index (χ3v) is 24.8. The number of hydrogen-bond acceptors (Lipinski definition) is 14. The Hall–Kier alpha value is -5.76. The molecule has 0 aliphatic rings. The minimum atomic E-state index is -2.11. The number of hydrogen-bond donors (Lipinski definition) is 7. The Bertz CT molecular complexity index is 3480. The molecule has 0 bridgehead atoms. The number of ether oxygens (including phenoxy) is 1. The van der Waals surface area contributed by atoms with Crippen LogP contribution >= 0.6 is 113 Å². The van der Waals surface area contributed by atoms with Gasteiger partial charge >= 0.3 is 5.97 Å². The van der Waals surface area contributed by atoms with Crippen molar-refractivity contribution in [1.82, 2.24) is 26.6 Å². The summed E-state index contributed by atoms with van der Waals surface area (Å²) >= 11 is 11.1. The molecule has 96 heavy (non-hydrogen) atoms. The van der Waals surface area contributed by atoms with Gasteiger partial charge in [-0.05, 0) is 201 Å². The van der Waals surface area contributed by atoms with E-state index in [1.165, 1.54) is 38.1 Å². The van der Waals surface area contributed by atoms with Gasteiger partial charge in [-0.3, -0.25) is 79.3 Å². The van der Waals surface area contributed by atoms with E-state index >= 15 is 0 Å². The first-order valence-electron chi connectivity index (χ1n) is 29.6. The fourth-order valence-corrected chi connectivity index (χ4v) is 11.6. The lowest BCUT2D eigenvalue weighted by molar-refractivity contribution is -0.157. The highest BCUT2D eigenvalue weighted by atomic mass is 127. The van der Waals surface area contributed by atoms with Crippen molar-refractivity contribution in [3.63, 3.8) is 0 Å². The number of halogens is 9. The molecule has 0 unspecified atom stereocenters. The Morgan fingerprint density at radius 2 is 0.708 bits per heavy atom. The van der Waals surface area contributed by atoms with Gasteiger partial charge in [0.25, 0.3) is 29.5 Å². The fraction of sp³-hybridized carbons (Fsp3) is 0.397. The second-order valence-electron chi connectivity index (χ2n) is 24.4. The predicted molar refractivity (Wildman–Crippen MR) is 397 cm³/mol. The van der Waals surface area contributed by atoms with Gasteiger partial charge in [0.15, 0.2) is 24.0 Å². The molecule has 0 aliphatic heterocycles. The van der Waals surface area contributed by atoms with Gasteiger partial charge in [-0.1, -0.05) is 139 Å². The van der Waals surface area contributed by atoms with E-state index in [-0.39, 0.29) is 41.7 Å². The SMILES string of the molecule is CCC(C)(C)C(=O)NC(=O)Cc1ccccc1.CCC(C)(C)C(=O)NC(=O)c1c(F)c(F)c(O)c(F)c1F.CCC(C)(C)C(=O)NC(=O)c1c(I)c(I)c(I)c(I)c1I.CCC(C)(C)C(=O)NC(=O)c1ccc(O)cc1.CCC(C)(C)C(=O)OCC(=O)NC(=O)c1ccccc1. The van der Waals surface area contributed by atoms with Crippen LogP contribution < -0.4 is 26.6 Å². The number of benzene rings is 5. The predicted octanol–water partition coefficient (Wildman–Crippen LogP) is 14.4. The van der Waals surface area contributed by atoms with E-state index in [0.717, 1.165) is 23.4 Å². The quantitative estimate of drug-likeness (QED) is 0.0141. The molecule has 0 fully saturated rings. The van der Waals surface area contributed by atoms with Crippen molar-refractivity contribution in [2.45, 2.75) is 142 Å². The largest absolute Gasteiger partial charge is 0.508 e. The topological polar surface area (TPSA) is 298 Å². The van der Waals surface area contributed by atoms with Crippen LogP contribution in [0.15, 0.2) is 84.9 Å². The fourth-order valence-electron chi connectivity index (χ4n) is 6.31. The van der Waals surface area contributed by atoms with Gasteiger partial charge in [0, 0.05) is 50.6 Å². The van der Waals surface area contributed by atoms with E-state index in [1.54, 1.807) is 70.3 Å². The van der Waals surface area contributed by atoms with Crippen molar-refractivity contribution in [2.24, 2.45) is 27.1 Å². The monoisotopic (exact) mass is 1900 g/mol. The number of rotatable bonds is 18. The summed E-state index contributed by atoms with van der Waals surface area (Å²) in [5.74, 6) is -16.0. The maximum absolute atomic E-state index is 13.5. The van der Waals surface area contributed by atoms with E-state index in [2.05, 4.69) is 134 Å². The summed E-state index contributed by atoms with van der Waals surface area (Å²) in [6.07, 6.45) is 3.21. The van der Waals surface area contributed by atoms with E-state index in [9.17, 15) is 70.3 Å². The first-order valence-corrected chi connectivity index (χ1v) is 35.0. The lowest BCUT2D eigenvalue weighted by atomic mass is 9.89. The summed E-state index contributed by atoms with van der Waals surface area (Å²) in [4.78, 5) is 130. The molecule has 0 heterocycles. The number of nitrogens with one attached hydrogen (secondary N) is 5. The molecular formula is C68H80F4I5N5O14. The molecule has 0 spiro atoms. The summed E-state index contributed by atoms with van der Waals surface area (Å²) in [6.45, 7) is 26.1.